The fourth-order valence-corrected chi connectivity index (χ4v) is 3.55. The highest BCUT2D eigenvalue weighted by atomic mass is 127. The Morgan fingerprint density at radius 2 is 2.04 bits per heavy atom. The molecule has 0 saturated carbocycles. The summed E-state index contributed by atoms with van der Waals surface area (Å²) in [6, 6.07) is 6.11. The Morgan fingerprint density at radius 3 is 2.71 bits per heavy atom. The number of hydrogen-bond donors (Lipinski definition) is 2. The van der Waals surface area contributed by atoms with Crippen molar-refractivity contribution in [3.05, 3.63) is 51.4 Å². The third kappa shape index (κ3) is 4.81. The van der Waals surface area contributed by atoms with Crippen molar-refractivity contribution in [2.24, 2.45) is 4.99 Å². The molecule has 128 valence electrons. The molecule has 24 heavy (non-hydrogen) atoms. The number of aliphatic imine (C=N–C) groups is 1. The third-order valence-electron chi connectivity index (χ3n) is 3.33. The van der Waals surface area contributed by atoms with Gasteiger partial charge >= 0.3 is 0 Å². The maximum absolute atomic E-state index is 5.51. The fourth-order valence-electron chi connectivity index (χ4n) is 2.05. The Bertz CT molecular complexity index is 780. The summed E-state index contributed by atoms with van der Waals surface area (Å²) in [6.45, 7) is 3.45. The highest BCUT2D eigenvalue weighted by molar-refractivity contribution is 14.0. The average Bonchev–Trinajstić information content (AvgIpc) is 3.28. The Balaban J connectivity index is 0.00000208. The molecule has 0 radical (unpaired) electrons. The molecule has 0 aliphatic rings. The van der Waals surface area contributed by atoms with Crippen LogP contribution in [0.2, 0.25) is 0 Å². The van der Waals surface area contributed by atoms with Gasteiger partial charge < -0.3 is 15.1 Å². The van der Waals surface area contributed by atoms with E-state index >= 15 is 0 Å². The molecular weight excluding hydrogens is 455 g/mol. The molecule has 3 aromatic heterocycles. The molecule has 0 bridgehead atoms. The summed E-state index contributed by atoms with van der Waals surface area (Å²) in [5.41, 5.74) is 2.15. The molecule has 0 amide bonds. The Morgan fingerprint density at radius 1 is 1.21 bits per heavy atom. The zero-order chi connectivity index (χ0) is 16.1. The molecule has 0 saturated heterocycles. The second-order valence-corrected chi connectivity index (χ2v) is 6.88. The minimum Gasteiger partial charge on any atom is -0.443 e. The van der Waals surface area contributed by atoms with Crippen LogP contribution in [0.1, 0.15) is 16.1 Å². The van der Waals surface area contributed by atoms with E-state index in [-0.39, 0.29) is 24.0 Å². The largest absolute Gasteiger partial charge is 0.443 e. The van der Waals surface area contributed by atoms with Gasteiger partial charge in [-0.3, -0.25) is 4.99 Å². The van der Waals surface area contributed by atoms with E-state index in [4.69, 9.17) is 4.42 Å². The lowest BCUT2D eigenvalue weighted by molar-refractivity contribution is 0.573. The smallest absolute Gasteiger partial charge is 0.236 e. The number of hydrogen-bond acceptors (Lipinski definition) is 5. The molecule has 5 nitrogen and oxygen atoms in total. The summed E-state index contributed by atoms with van der Waals surface area (Å²) in [5.74, 6) is 1.41. The van der Waals surface area contributed by atoms with Gasteiger partial charge in [0, 0.05) is 11.9 Å². The highest BCUT2D eigenvalue weighted by Gasteiger charge is 2.08. The summed E-state index contributed by atoms with van der Waals surface area (Å²) in [4.78, 5) is 11.1. The molecule has 2 N–H and O–H groups in total. The van der Waals surface area contributed by atoms with Gasteiger partial charge in [0.2, 0.25) is 5.89 Å². The normalized spacial score (nSPS) is 11.2. The first-order valence-corrected chi connectivity index (χ1v) is 8.98. The van der Waals surface area contributed by atoms with Gasteiger partial charge in [0.15, 0.2) is 5.96 Å². The summed E-state index contributed by atoms with van der Waals surface area (Å²) in [5, 5.41) is 10.7. The molecular formula is C16H19IN4OS2. The number of aromatic nitrogens is 1. The van der Waals surface area contributed by atoms with Gasteiger partial charge in [-0.25, -0.2) is 4.98 Å². The van der Waals surface area contributed by atoms with E-state index in [0.29, 0.717) is 12.4 Å². The number of halogens is 1. The standard InChI is InChI=1S/C16H18N4OS2.HI/c1-11-5-7-23-14(11)9-19-16(17-2)18-8-12-10-21-15(20-12)13-4-3-6-22-13;/h3-7,10H,8-9H2,1-2H3,(H2,17,18,19);1H. The van der Waals surface area contributed by atoms with E-state index in [1.54, 1.807) is 36.0 Å². The number of oxazole rings is 1. The predicted octanol–water partition coefficient (Wildman–Crippen LogP) is 4.26. The topological polar surface area (TPSA) is 62.5 Å². The quantitative estimate of drug-likeness (QED) is 0.330. The number of aryl methyl sites for hydroxylation is 1. The molecule has 0 unspecified atom stereocenters. The number of nitrogens with zero attached hydrogens (tertiary/aromatic N) is 2. The van der Waals surface area contributed by atoms with Gasteiger partial charge in [-0.2, -0.15) is 0 Å². The van der Waals surface area contributed by atoms with Crippen molar-refractivity contribution < 1.29 is 4.42 Å². The summed E-state index contributed by atoms with van der Waals surface area (Å²) < 4.78 is 5.51. The molecule has 0 aromatic carbocycles. The maximum Gasteiger partial charge on any atom is 0.236 e. The zero-order valence-electron chi connectivity index (χ0n) is 13.4. The number of nitrogens with one attached hydrogen (secondary N) is 2. The monoisotopic (exact) mass is 474 g/mol. The first-order valence-electron chi connectivity index (χ1n) is 7.22. The minimum atomic E-state index is 0. The van der Waals surface area contributed by atoms with Crippen molar-refractivity contribution in [3.8, 4) is 10.8 Å². The first kappa shape index (κ1) is 18.9. The summed E-state index contributed by atoms with van der Waals surface area (Å²) in [6.07, 6.45) is 1.68. The molecule has 3 rings (SSSR count). The second kappa shape index (κ2) is 9.19. The molecule has 0 spiro atoms. The van der Waals surface area contributed by atoms with Crippen LogP contribution in [0.5, 0.6) is 0 Å². The van der Waals surface area contributed by atoms with Crippen LogP contribution in [-0.4, -0.2) is 18.0 Å². The third-order valence-corrected chi connectivity index (χ3v) is 5.21. The van der Waals surface area contributed by atoms with Crippen LogP contribution in [0, 0.1) is 6.92 Å². The highest BCUT2D eigenvalue weighted by Crippen LogP contribution is 2.23. The van der Waals surface area contributed by atoms with Crippen molar-refractivity contribution in [3.63, 3.8) is 0 Å². The van der Waals surface area contributed by atoms with Crippen LogP contribution in [0.15, 0.2) is 44.6 Å². The van der Waals surface area contributed by atoms with Gasteiger partial charge in [0.05, 0.1) is 23.7 Å². The molecule has 0 atom stereocenters. The van der Waals surface area contributed by atoms with Crippen molar-refractivity contribution in [2.45, 2.75) is 20.0 Å². The lowest BCUT2D eigenvalue weighted by atomic mass is 10.3. The van der Waals surface area contributed by atoms with Gasteiger partial charge in [0.25, 0.3) is 0 Å². The van der Waals surface area contributed by atoms with Crippen LogP contribution in [0.25, 0.3) is 10.8 Å². The minimum absolute atomic E-state index is 0. The average molecular weight is 474 g/mol. The van der Waals surface area contributed by atoms with Crippen LogP contribution < -0.4 is 10.6 Å². The van der Waals surface area contributed by atoms with E-state index in [1.807, 2.05) is 17.5 Å². The molecule has 3 aromatic rings. The van der Waals surface area contributed by atoms with Crippen molar-refractivity contribution in [2.75, 3.05) is 7.05 Å². The molecule has 0 aliphatic heterocycles. The number of guanidine groups is 1. The first-order chi connectivity index (χ1) is 11.3. The summed E-state index contributed by atoms with van der Waals surface area (Å²) >= 11 is 3.36. The van der Waals surface area contributed by atoms with Crippen LogP contribution in [0.4, 0.5) is 0 Å². The van der Waals surface area contributed by atoms with E-state index in [9.17, 15) is 0 Å². The predicted molar refractivity (Wildman–Crippen MR) is 111 cm³/mol. The van der Waals surface area contributed by atoms with Gasteiger partial charge in [-0.05, 0) is 35.4 Å². The zero-order valence-corrected chi connectivity index (χ0v) is 17.4. The Labute approximate surface area is 166 Å². The van der Waals surface area contributed by atoms with Crippen LogP contribution in [-0.2, 0) is 13.1 Å². The Kier molecular flexibility index (Phi) is 7.25. The number of rotatable bonds is 5. The van der Waals surface area contributed by atoms with Crippen LogP contribution in [0.3, 0.4) is 0 Å². The van der Waals surface area contributed by atoms with Crippen molar-refractivity contribution >= 4 is 52.6 Å². The molecule has 3 heterocycles. The maximum atomic E-state index is 5.51. The van der Waals surface area contributed by atoms with Crippen LogP contribution >= 0.6 is 46.7 Å². The van der Waals surface area contributed by atoms with E-state index < -0.39 is 0 Å². The van der Waals surface area contributed by atoms with E-state index in [0.717, 1.165) is 23.1 Å². The van der Waals surface area contributed by atoms with Gasteiger partial charge in [-0.15, -0.1) is 46.7 Å². The van der Waals surface area contributed by atoms with Crippen molar-refractivity contribution in [1.82, 2.24) is 15.6 Å². The molecule has 8 heteroatoms. The van der Waals surface area contributed by atoms with E-state index in [2.05, 4.69) is 39.0 Å². The number of thiophene rings is 2. The van der Waals surface area contributed by atoms with Gasteiger partial charge in [0.1, 0.15) is 6.26 Å². The second-order valence-electron chi connectivity index (χ2n) is 4.93. The Hall–Kier alpha value is -1.39. The van der Waals surface area contributed by atoms with E-state index in [1.165, 1.54) is 10.4 Å². The van der Waals surface area contributed by atoms with Gasteiger partial charge in [-0.1, -0.05) is 6.07 Å². The van der Waals surface area contributed by atoms with Crippen molar-refractivity contribution in [1.29, 1.82) is 0 Å². The fraction of sp³-hybridized carbons (Fsp3) is 0.250. The summed E-state index contributed by atoms with van der Waals surface area (Å²) in [7, 11) is 1.76. The lowest BCUT2D eigenvalue weighted by Gasteiger charge is -2.10. The molecule has 0 fully saturated rings. The molecule has 0 aliphatic carbocycles. The SMILES string of the molecule is CN=C(NCc1coc(-c2cccs2)n1)NCc1sccc1C.I. The lowest BCUT2D eigenvalue weighted by Crippen LogP contribution is -2.36.